The van der Waals surface area contributed by atoms with E-state index in [4.69, 9.17) is 10.5 Å². The molecule has 0 aliphatic rings. The summed E-state index contributed by atoms with van der Waals surface area (Å²) < 4.78 is 5.88. The third kappa shape index (κ3) is 3.25. The van der Waals surface area contributed by atoms with Crippen molar-refractivity contribution >= 4 is 5.82 Å². The summed E-state index contributed by atoms with van der Waals surface area (Å²) in [5.74, 6) is 1.81. The van der Waals surface area contributed by atoms with Crippen LogP contribution in [0.15, 0.2) is 36.4 Å². The number of rotatable bonds is 2. The fourth-order valence-corrected chi connectivity index (χ4v) is 1.92. The van der Waals surface area contributed by atoms with E-state index in [1.165, 1.54) is 5.56 Å². The van der Waals surface area contributed by atoms with Crippen molar-refractivity contribution in [2.75, 3.05) is 5.73 Å². The molecular weight excluding hydrogens is 236 g/mol. The van der Waals surface area contributed by atoms with Crippen molar-refractivity contribution in [2.24, 2.45) is 0 Å². The van der Waals surface area contributed by atoms with Crippen molar-refractivity contribution in [1.82, 2.24) is 4.98 Å². The van der Waals surface area contributed by atoms with Gasteiger partial charge in [-0.2, -0.15) is 4.98 Å². The van der Waals surface area contributed by atoms with E-state index in [1.807, 2.05) is 24.3 Å². The van der Waals surface area contributed by atoms with Crippen LogP contribution in [0.5, 0.6) is 11.6 Å². The van der Waals surface area contributed by atoms with E-state index in [1.54, 1.807) is 6.07 Å². The largest absolute Gasteiger partial charge is 0.439 e. The van der Waals surface area contributed by atoms with Gasteiger partial charge >= 0.3 is 0 Å². The third-order valence-electron chi connectivity index (χ3n) is 2.90. The average molecular weight is 256 g/mol. The molecule has 2 N–H and O–H groups in total. The van der Waals surface area contributed by atoms with Gasteiger partial charge in [-0.15, -0.1) is 0 Å². The fraction of sp³-hybridized carbons (Fsp3) is 0.312. The van der Waals surface area contributed by atoms with Crippen LogP contribution in [-0.4, -0.2) is 4.98 Å². The lowest BCUT2D eigenvalue weighted by atomic mass is 9.85. The van der Waals surface area contributed by atoms with Crippen molar-refractivity contribution in [3.05, 3.63) is 47.5 Å². The highest BCUT2D eigenvalue weighted by atomic mass is 16.5. The summed E-state index contributed by atoms with van der Waals surface area (Å²) in [5.41, 5.74) is 8.07. The fourth-order valence-electron chi connectivity index (χ4n) is 1.92. The maximum atomic E-state index is 5.88. The average Bonchev–Trinajstić information content (AvgIpc) is 2.30. The van der Waals surface area contributed by atoms with E-state index in [9.17, 15) is 0 Å². The summed E-state index contributed by atoms with van der Waals surface area (Å²) in [6, 6.07) is 11.6. The third-order valence-corrected chi connectivity index (χ3v) is 2.90. The van der Waals surface area contributed by atoms with Gasteiger partial charge < -0.3 is 10.5 Å². The lowest BCUT2D eigenvalue weighted by Crippen LogP contribution is -2.13. The second-order valence-corrected chi connectivity index (χ2v) is 5.75. The van der Waals surface area contributed by atoms with Gasteiger partial charge in [-0.3, -0.25) is 0 Å². The van der Waals surface area contributed by atoms with Crippen LogP contribution in [0.3, 0.4) is 0 Å². The zero-order valence-corrected chi connectivity index (χ0v) is 11.9. The molecular formula is C16H20N2O. The molecule has 0 radical (unpaired) electrons. The van der Waals surface area contributed by atoms with E-state index >= 15 is 0 Å². The van der Waals surface area contributed by atoms with Crippen LogP contribution in [0, 0.1) is 6.92 Å². The number of ether oxygens (including phenoxy) is 1. The van der Waals surface area contributed by atoms with Gasteiger partial charge in [0.05, 0.1) is 0 Å². The summed E-state index contributed by atoms with van der Waals surface area (Å²) in [4.78, 5) is 4.17. The first-order valence-electron chi connectivity index (χ1n) is 6.38. The van der Waals surface area contributed by atoms with Crippen LogP contribution in [0.2, 0.25) is 0 Å². The van der Waals surface area contributed by atoms with Gasteiger partial charge in [0.15, 0.2) is 0 Å². The highest BCUT2D eigenvalue weighted by Gasteiger charge is 2.19. The molecule has 2 aromatic rings. The Morgan fingerprint density at radius 2 is 1.84 bits per heavy atom. The Balaban J connectivity index is 2.40. The van der Waals surface area contributed by atoms with E-state index in [0.29, 0.717) is 11.7 Å². The molecule has 2 rings (SSSR count). The summed E-state index contributed by atoms with van der Waals surface area (Å²) >= 11 is 0. The molecule has 1 heterocycles. The number of aryl methyl sites for hydroxylation is 1. The summed E-state index contributed by atoms with van der Waals surface area (Å²) in [7, 11) is 0. The molecule has 0 fully saturated rings. The Kier molecular flexibility index (Phi) is 3.47. The van der Waals surface area contributed by atoms with Gasteiger partial charge in [0.2, 0.25) is 5.88 Å². The highest BCUT2D eigenvalue weighted by molar-refractivity contribution is 5.43. The van der Waals surface area contributed by atoms with Gasteiger partial charge in [-0.05, 0) is 24.5 Å². The number of nitrogen functional groups attached to an aromatic ring is 1. The molecule has 0 bridgehead atoms. The van der Waals surface area contributed by atoms with Crippen molar-refractivity contribution in [3.63, 3.8) is 0 Å². The Labute approximate surface area is 114 Å². The van der Waals surface area contributed by atoms with Crippen LogP contribution in [0.1, 0.15) is 31.9 Å². The molecule has 1 aromatic carbocycles. The number of anilines is 1. The monoisotopic (exact) mass is 256 g/mol. The topological polar surface area (TPSA) is 48.1 Å². The first kappa shape index (κ1) is 13.4. The zero-order valence-electron chi connectivity index (χ0n) is 11.9. The molecule has 0 saturated heterocycles. The molecule has 1 aromatic heterocycles. The van der Waals surface area contributed by atoms with Crippen molar-refractivity contribution in [1.29, 1.82) is 0 Å². The molecule has 0 spiro atoms. The maximum Gasteiger partial charge on any atom is 0.221 e. The van der Waals surface area contributed by atoms with Gasteiger partial charge in [-0.25, -0.2) is 0 Å². The summed E-state index contributed by atoms with van der Waals surface area (Å²) in [6.07, 6.45) is 0. The van der Waals surface area contributed by atoms with Crippen LogP contribution < -0.4 is 10.5 Å². The maximum absolute atomic E-state index is 5.88. The second-order valence-electron chi connectivity index (χ2n) is 5.75. The molecule has 0 aliphatic heterocycles. The first-order chi connectivity index (χ1) is 8.86. The quantitative estimate of drug-likeness (QED) is 0.881. The lowest BCUT2D eigenvalue weighted by Gasteiger charge is -2.23. The summed E-state index contributed by atoms with van der Waals surface area (Å²) in [6.45, 7) is 8.59. The number of nitrogens with two attached hydrogens (primary N) is 1. The SMILES string of the molecule is Cc1ccc(Oc2cccc(N)n2)c(C(C)(C)C)c1. The predicted molar refractivity (Wildman–Crippen MR) is 78.6 cm³/mol. The molecule has 0 unspecified atom stereocenters. The Morgan fingerprint density at radius 3 is 2.47 bits per heavy atom. The standard InChI is InChI=1S/C16H20N2O/c1-11-8-9-13(12(10-11)16(2,3)4)19-15-7-5-6-14(17)18-15/h5-10H,1-4H3,(H2,17,18). The van der Waals surface area contributed by atoms with E-state index in [0.717, 1.165) is 11.3 Å². The first-order valence-corrected chi connectivity index (χ1v) is 6.38. The molecule has 0 amide bonds. The van der Waals surface area contributed by atoms with Gasteiger partial charge in [0, 0.05) is 11.6 Å². The number of benzene rings is 1. The molecule has 3 heteroatoms. The van der Waals surface area contributed by atoms with Gasteiger partial charge in [0.1, 0.15) is 11.6 Å². The van der Waals surface area contributed by atoms with Crippen LogP contribution in [-0.2, 0) is 5.41 Å². The minimum atomic E-state index is 0.0156. The lowest BCUT2D eigenvalue weighted by molar-refractivity contribution is 0.440. The number of nitrogens with zero attached hydrogens (tertiary/aromatic N) is 1. The number of hydrogen-bond acceptors (Lipinski definition) is 3. The molecule has 3 nitrogen and oxygen atoms in total. The Morgan fingerprint density at radius 1 is 1.11 bits per heavy atom. The van der Waals surface area contributed by atoms with Crippen molar-refractivity contribution in [3.8, 4) is 11.6 Å². The van der Waals surface area contributed by atoms with Gasteiger partial charge in [-0.1, -0.05) is 44.5 Å². The normalized spacial score (nSPS) is 11.4. The zero-order chi connectivity index (χ0) is 14.0. The van der Waals surface area contributed by atoms with E-state index < -0.39 is 0 Å². The molecule has 19 heavy (non-hydrogen) atoms. The smallest absolute Gasteiger partial charge is 0.221 e. The van der Waals surface area contributed by atoms with Crippen LogP contribution in [0.25, 0.3) is 0 Å². The predicted octanol–water partition coefficient (Wildman–Crippen LogP) is 4.06. The number of aromatic nitrogens is 1. The van der Waals surface area contributed by atoms with Crippen molar-refractivity contribution < 1.29 is 4.74 Å². The minimum absolute atomic E-state index is 0.0156. The Hall–Kier alpha value is -2.03. The number of pyridine rings is 1. The van der Waals surface area contributed by atoms with Gasteiger partial charge in [0.25, 0.3) is 0 Å². The van der Waals surface area contributed by atoms with E-state index in [2.05, 4.69) is 38.7 Å². The molecule has 0 aliphatic carbocycles. The van der Waals surface area contributed by atoms with E-state index in [-0.39, 0.29) is 5.41 Å². The highest BCUT2D eigenvalue weighted by Crippen LogP contribution is 2.34. The Bertz CT molecular complexity index is 586. The van der Waals surface area contributed by atoms with Crippen molar-refractivity contribution in [2.45, 2.75) is 33.1 Å². The van der Waals surface area contributed by atoms with Crippen LogP contribution in [0.4, 0.5) is 5.82 Å². The molecule has 0 saturated carbocycles. The molecule has 0 atom stereocenters. The number of hydrogen-bond donors (Lipinski definition) is 1. The minimum Gasteiger partial charge on any atom is -0.439 e. The van der Waals surface area contributed by atoms with Crippen LogP contribution >= 0.6 is 0 Å². The molecule has 100 valence electrons. The summed E-state index contributed by atoms with van der Waals surface area (Å²) in [5, 5.41) is 0. The second kappa shape index (κ2) is 4.92.